The minimum atomic E-state index is -2.70. The Morgan fingerprint density at radius 2 is 2.06 bits per heavy atom. The predicted molar refractivity (Wildman–Crippen MR) is 145 cm³/mol. The number of nitrogens with one attached hydrogen (secondary N) is 1. The van der Waals surface area contributed by atoms with E-state index in [-0.39, 0.29) is 0 Å². The van der Waals surface area contributed by atoms with Crippen molar-refractivity contribution < 1.29 is 9.09 Å². The molecule has 0 spiro atoms. The van der Waals surface area contributed by atoms with Crippen molar-refractivity contribution in [3.63, 3.8) is 0 Å². The number of hydrogen-bond donors (Lipinski definition) is 2. The number of rotatable bonds is 10. The Hall–Kier alpha value is -2.92. The molecule has 3 N–H and O–H groups in total. The minimum Gasteiger partial charge on any atom is -0.381 e. The van der Waals surface area contributed by atoms with Crippen LogP contribution in [0.15, 0.2) is 59.9 Å². The van der Waals surface area contributed by atoms with Crippen LogP contribution >= 0.6 is 16.6 Å². The maximum atomic E-state index is 12.4. The summed E-state index contributed by atoms with van der Waals surface area (Å²) in [6.45, 7) is 6.35. The first-order chi connectivity index (χ1) is 16.3. The Balaban J connectivity index is 1.71. The van der Waals surface area contributed by atoms with Crippen molar-refractivity contribution in [1.29, 1.82) is 0 Å². The molecule has 10 heteroatoms. The normalized spacial score (nSPS) is 13.4. The highest BCUT2D eigenvalue weighted by Crippen LogP contribution is 2.45. The number of aliphatic imine (C=N–C) groups is 1. The molecule has 0 fully saturated rings. The van der Waals surface area contributed by atoms with Gasteiger partial charge in [0.25, 0.3) is 0 Å². The van der Waals surface area contributed by atoms with Gasteiger partial charge in [-0.3, -0.25) is 14.5 Å². The maximum absolute atomic E-state index is 12.4. The van der Waals surface area contributed by atoms with Gasteiger partial charge in [-0.1, -0.05) is 12.1 Å². The number of pyridine rings is 1. The van der Waals surface area contributed by atoms with Gasteiger partial charge in [0, 0.05) is 36.9 Å². The summed E-state index contributed by atoms with van der Waals surface area (Å²) < 4.78 is 17.7. The molecule has 0 saturated carbocycles. The second-order valence-corrected chi connectivity index (χ2v) is 10.9. The molecule has 3 aromatic rings. The van der Waals surface area contributed by atoms with Crippen LogP contribution in [-0.4, -0.2) is 34.4 Å². The largest absolute Gasteiger partial charge is 0.381 e. The van der Waals surface area contributed by atoms with Gasteiger partial charge in [-0.25, -0.2) is 9.97 Å². The van der Waals surface area contributed by atoms with E-state index in [0.717, 1.165) is 22.1 Å². The number of allylic oxidation sites excluding steroid dienone is 2. The van der Waals surface area contributed by atoms with Gasteiger partial charge in [-0.2, -0.15) is 0 Å². The third-order valence-corrected chi connectivity index (χ3v) is 6.98. The van der Waals surface area contributed by atoms with Gasteiger partial charge in [0.1, 0.15) is 0 Å². The van der Waals surface area contributed by atoms with Crippen molar-refractivity contribution in [2.75, 3.05) is 24.3 Å². The number of benzene rings is 1. The smallest absolute Gasteiger partial charge is 0.205 e. The van der Waals surface area contributed by atoms with E-state index in [0.29, 0.717) is 42.3 Å². The quantitative estimate of drug-likeness (QED) is 0.301. The lowest BCUT2D eigenvalue weighted by Gasteiger charge is -2.12. The van der Waals surface area contributed by atoms with Crippen LogP contribution in [0.2, 0.25) is 0 Å². The SMILES string of the molecule is C/C=C\C=Nc1ccc(CNc2nc(-c3ccc(CP(C)(=O)OCC)nc3)cnc2N)cc1P. The van der Waals surface area contributed by atoms with E-state index in [2.05, 4.69) is 34.5 Å². The number of nitrogen functional groups attached to an aromatic ring is 1. The van der Waals surface area contributed by atoms with Crippen LogP contribution in [0.5, 0.6) is 0 Å². The molecule has 2 aromatic heterocycles. The second kappa shape index (κ2) is 12.0. The van der Waals surface area contributed by atoms with Crippen LogP contribution in [-0.2, 0) is 21.8 Å². The highest BCUT2D eigenvalue weighted by Gasteiger charge is 2.17. The average molecular weight is 496 g/mol. The summed E-state index contributed by atoms with van der Waals surface area (Å²) in [4.78, 5) is 17.8. The number of nitrogens with two attached hydrogens (primary N) is 1. The standard InChI is InChI=1S/C24H30N6O2P2/c1-4-6-11-26-20-10-7-17(12-22(20)33)13-29-24-23(25)28-15-21(30-24)18-8-9-19(27-14-18)16-34(3,31)32-5-2/h4,6-12,14-15H,5,13,16,33H2,1-3H3,(H2,25,28)(H,29,30)/b6-4-,26-11?. The van der Waals surface area contributed by atoms with E-state index in [1.54, 1.807) is 25.3 Å². The zero-order valence-electron chi connectivity index (χ0n) is 19.6. The fourth-order valence-electron chi connectivity index (χ4n) is 3.18. The highest BCUT2D eigenvalue weighted by molar-refractivity contribution is 7.57. The van der Waals surface area contributed by atoms with Crippen molar-refractivity contribution in [1.82, 2.24) is 15.0 Å². The summed E-state index contributed by atoms with van der Waals surface area (Å²) in [6, 6.07) is 9.74. The molecule has 3 rings (SSSR count). The molecule has 8 nitrogen and oxygen atoms in total. The third-order valence-electron chi connectivity index (χ3n) is 4.82. The molecule has 0 aliphatic rings. The Bertz CT molecular complexity index is 1230. The Kier molecular flexibility index (Phi) is 9.05. The monoisotopic (exact) mass is 496 g/mol. The van der Waals surface area contributed by atoms with Crippen molar-refractivity contribution in [2.45, 2.75) is 26.6 Å². The van der Waals surface area contributed by atoms with E-state index < -0.39 is 7.37 Å². The minimum absolute atomic E-state index is 0.290. The van der Waals surface area contributed by atoms with Crippen molar-refractivity contribution in [2.24, 2.45) is 4.99 Å². The predicted octanol–water partition coefficient (Wildman–Crippen LogP) is 4.96. The lowest BCUT2D eigenvalue weighted by molar-refractivity contribution is 0.336. The molecular weight excluding hydrogens is 466 g/mol. The number of anilines is 2. The van der Waals surface area contributed by atoms with Crippen LogP contribution in [0.4, 0.5) is 17.3 Å². The molecule has 0 radical (unpaired) electrons. The zero-order valence-corrected chi connectivity index (χ0v) is 21.7. The Morgan fingerprint density at radius 3 is 2.74 bits per heavy atom. The fourth-order valence-corrected chi connectivity index (χ4v) is 4.97. The first-order valence-corrected chi connectivity index (χ1v) is 13.7. The number of hydrogen-bond acceptors (Lipinski definition) is 8. The van der Waals surface area contributed by atoms with E-state index in [9.17, 15) is 4.57 Å². The Morgan fingerprint density at radius 1 is 1.24 bits per heavy atom. The maximum Gasteiger partial charge on any atom is 0.205 e. The molecule has 2 unspecified atom stereocenters. The first kappa shape index (κ1) is 25.7. The summed E-state index contributed by atoms with van der Waals surface area (Å²) in [5.74, 6) is 0.812. The molecule has 178 valence electrons. The molecule has 0 saturated heterocycles. The van der Waals surface area contributed by atoms with Crippen molar-refractivity contribution in [3.05, 3.63) is 66.1 Å². The van der Waals surface area contributed by atoms with E-state index in [1.165, 1.54) is 0 Å². The second-order valence-electron chi connectivity index (χ2n) is 7.67. The summed E-state index contributed by atoms with van der Waals surface area (Å²) in [7, 11) is 0.0147. The fraction of sp³-hybridized carbons (Fsp3) is 0.250. The van der Waals surface area contributed by atoms with Crippen LogP contribution in [0, 0.1) is 0 Å². The molecular formula is C24H30N6O2P2. The van der Waals surface area contributed by atoms with Gasteiger partial charge in [-0.15, -0.1) is 9.24 Å². The van der Waals surface area contributed by atoms with E-state index in [1.807, 2.05) is 56.3 Å². The van der Waals surface area contributed by atoms with Gasteiger partial charge in [0.05, 0.1) is 30.3 Å². The van der Waals surface area contributed by atoms with Crippen LogP contribution in [0.3, 0.4) is 0 Å². The summed E-state index contributed by atoms with van der Waals surface area (Å²) in [5, 5.41) is 4.26. The first-order valence-electron chi connectivity index (χ1n) is 10.9. The van der Waals surface area contributed by atoms with Crippen molar-refractivity contribution in [3.8, 4) is 11.3 Å². The van der Waals surface area contributed by atoms with Crippen LogP contribution in [0.25, 0.3) is 11.3 Å². The number of nitrogens with zero attached hydrogens (tertiary/aromatic N) is 4. The molecule has 0 bridgehead atoms. The van der Waals surface area contributed by atoms with Crippen molar-refractivity contribution >= 4 is 45.5 Å². The Labute approximate surface area is 202 Å². The molecule has 0 amide bonds. The topological polar surface area (TPSA) is 115 Å². The molecule has 34 heavy (non-hydrogen) atoms. The zero-order chi connectivity index (χ0) is 24.6. The third kappa shape index (κ3) is 7.29. The van der Waals surface area contributed by atoms with E-state index >= 15 is 0 Å². The van der Waals surface area contributed by atoms with Gasteiger partial charge < -0.3 is 15.6 Å². The van der Waals surface area contributed by atoms with E-state index in [4.69, 9.17) is 10.3 Å². The molecule has 2 heterocycles. The summed E-state index contributed by atoms with van der Waals surface area (Å²) >= 11 is 0. The molecule has 0 aliphatic heterocycles. The van der Waals surface area contributed by atoms with Crippen LogP contribution in [0.1, 0.15) is 25.1 Å². The van der Waals surface area contributed by atoms with Crippen LogP contribution < -0.4 is 16.4 Å². The lowest BCUT2D eigenvalue weighted by atomic mass is 10.2. The van der Waals surface area contributed by atoms with Gasteiger partial charge in [-0.05, 0) is 55.1 Å². The molecule has 0 aliphatic carbocycles. The summed E-state index contributed by atoms with van der Waals surface area (Å²) in [5.41, 5.74) is 10.1. The van der Waals surface area contributed by atoms with Gasteiger partial charge in [0.2, 0.25) is 7.37 Å². The van der Waals surface area contributed by atoms with Gasteiger partial charge in [0.15, 0.2) is 11.6 Å². The molecule has 2 atom stereocenters. The average Bonchev–Trinajstić information content (AvgIpc) is 2.80. The van der Waals surface area contributed by atoms with Gasteiger partial charge >= 0.3 is 0 Å². The lowest BCUT2D eigenvalue weighted by Crippen LogP contribution is -2.08. The summed E-state index contributed by atoms with van der Waals surface area (Å²) in [6.07, 6.45) is 9.18. The number of aromatic nitrogens is 3. The molecule has 1 aromatic carbocycles. The highest BCUT2D eigenvalue weighted by atomic mass is 31.2.